The summed E-state index contributed by atoms with van der Waals surface area (Å²) in [5.41, 5.74) is 1.91. The Hall–Kier alpha value is -1.51. The molecule has 14 heavy (non-hydrogen) atoms. The van der Waals surface area contributed by atoms with Crippen molar-refractivity contribution in [2.24, 2.45) is 0 Å². The van der Waals surface area contributed by atoms with Crippen molar-refractivity contribution in [3.63, 3.8) is 0 Å². The minimum absolute atomic E-state index is 0.104. The number of carboxylic acid groups (broad SMARTS) is 1. The Balaban J connectivity index is 2.76. The van der Waals surface area contributed by atoms with Crippen LogP contribution in [-0.4, -0.2) is 16.2 Å². The van der Waals surface area contributed by atoms with Gasteiger partial charge in [0, 0.05) is 6.42 Å². The van der Waals surface area contributed by atoms with Crippen molar-refractivity contribution in [3.05, 3.63) is 29.3 Å². The first-order valence-corrected chi connectivity index (χ1v) is 4.65. The fourth-order valence-corrected chi connectivity index (χ4v) is 1.34. The minimum Gasteiger partial charge on any atom is -0.508 e. The van der Waals surface area contributed by atoms with E-state index < -0.39 is 5.97 Å². The molecule has 0 bridgehead atoms. The first kappa shape index (κ1) is 10.6. The second-order valence-electron chi connectivity index (χ2n) is 3.26. The standard InChI is InChI=1S/C11H14O3/c1-2-8-5-9(3-4-11(13)14)7-10(12)6-8/h5-7,12H,2-4H2,1H3,(H,13,14). The van der Waals surface area contributed by atoms with E-state index in [9.17, 15) is 9.90 Å². The number of aryl methyl sites for hydroxylation is 2. The van der Waals surface area contributed by atoms with E-state index in [2.05, 4.69) is 0 Å². The second-order valence-corrected chi connectivity index (χ2v) is 3.26. The predicted octanol–water partition coefficient (Wildman–Crippen LogP) is 1.97. The van der Waals surface area contributed by atoms with Crippen LogP contribution in [0.5, 0.6) is 5.75 Å². The second kappa shape index (κ2) is 4.65. The molecule has 3 nitrogen and oxygen atoms in total. The van der Waals surface area contributed by atoms with Crippen molar-refractivity contribution in [1.82, 2.24) is 0 Å². The van der Waals surface area contributed by atoms with E-state index in [1.165, 1.54) is 0 Å². The molecule has 1 aromatic carbocycles. The third kappa shape index (κ3) is 3.09. The van der Waals surface area contributed by atoms with Crippen LogP contribution in [0.2, 0.25) is 0 Å². The lowest BCUT2D eigenvalue weighted by Crippen LogP contribution is -1.97. The molecular weight excluding hydrogens is 180 g/mol. The molecule has 0 heterocycles. The molecule has 2 N–H and O–H groups in total. The Bertz CT molecular complexity index is 331. The highest BCUT2D eigenvalue weighted by Gasteiger charge is 2.02. The van der Waals surface area contributed by atoms with Gasteiger partial charge >= 0.3 is 5.97 Å². The molecule has 0 aromatic heterocycles. The van der Waals surface area contributed by atoms with Gasteiger partial charge in [0.1, 0.15) is 5.75 Å². The third-order valence-electron chi connectivity index (χ3n) is 2.07. The van der Waals surface area contributed by atoms with Crippen LogP contribution in [0, 0.1) is 0 Å². The van der Waals surface area contributed by atoms with Gasteiger partial charge in [-0.1, -0.05) is 13.0 Å². The summed E-state index contributed by atoms with van der Waals surface area (Å²) in [5, 5.41) is 17.9. The molecule has 1 aromatic rings. The number of carbonyl (C=O) groups is 1. The third-order valence-corrected chi connectivity index (χ3v) is 2.07. The van der Waals surface area contributed by atoms with E-state index in [1.807, 2.05) is 13.0 Å². The number of rotatable bonds is 4. The fraction of sp³-hybridized carbons (Fsp3) is 0.364. The van der Waals surface area contributed by atoms with E-state index in [0.29, 0.717) is 6.42 Å². The Morgan fingerprint density at radius 1 is 1.29 bits per heavy atom. The minimum atomic E-state index is -0.814. The lowest BCUT2D eigenvalue weighted by atomic mass is 10.0. The average Bonchev–Trinajstić information content (AvgIpc) is 2.14. The van der Waals surface area contributed by atoms with Crippen LogP contribution in [0.1, 0.15) is 24.5 Å². The summed E-state index contributed by atoms with van der Waals surface area (Å²) < 4.78 is 0. The van der Waals surface area contributed by atoms with Crippen molar-refractivity contribution in [2.45, 2.75) is 26.2 Å². The molecule has 1 rings (SSSR count). The van der Waals surface area contributed by atoms with Crippen molar-refractivity contribution >= 4 is 5.97 Å². The number of benzene rings is 1. The van der Waals surface area contributed by atoms with Crippen LogP contribution in [0.25, 0.3) is 0 Å². The molecule has 0 aliphatic rings. The smallest absolute Gasteiger partial charge is 0.303 e. The van der Waals surface area contributed by atoms with Crippen LogP contribution in [-0.2, 0) is 17.6 Å². The maximum absolute atomic E-state index is 10.3. The lowest BCUT2D eigenvalue weighted by Gasteiger charge is -2.03. The van der Waals surface area contributed by atoms with Crippen molar-refractivity contribution in [1.29, 1.82) is 0 Å². The van der Waals surface area contributed by atoms with Crippen molar-refractivity contribution in [2.75, 3.05) is 0 Å². The Kier molecular flexibility index (Phi) is 3.51. The number of phenols is 1. The molecule has 0 aliphatic carbocycles. The van der Waals surface area contributed by atoms with Crippen LogP contribution < -0.4 is 0 Å². The molecule has 0 saturated carbocycles. The number of hydrogen-bond donors (Lipinski definition) is 2. The predicted molar refractivity (Wildman–Crippen MR) is 53.4 cm³/mol. The summed E-state index contributed by atoms with van der Waals surface area (Å²) in [6.45, 7) is 2.00. The zero-order valence-corrected chi connectivity index (χ0v) is 8.16. The quantitative estimate of drug-likeness (QED) is 0.770. The van der Waals surface area contributed by atoms with Gasteiger partial charge in [0.05, 0.1) is 0 Å². The van der Waals surface area contributed by atoms with E-state index in [-0.39, 0.29) is 12.2 Å². The van der Waals surface area contributed by atoms with Crippen molar-refractivity contribution in [3.8, 4) is 5.75 Å². The first-order chi connectivity index (χ1) is 6.61. The lowest BCUT2D eigenvalue weighted by molar-refractivity contribution is -0.136. The summed E-state index contributed by atoms with van der Waals surface area (Å²) in [6, 6.07) is 5.25. The highest BCUT2D eigenvalue weighted by atomic mass is 16.4. The van der Waals surface area contributed by atoms with Gasteiger partial charge in [0.25, 0.3) is 0 Å². The van der Waals surface area contributed by atoms with Gasteiger partial charge in [-0.3, -0.25) is 4.79 Å². The summed E-state index contributed by atoms with van der Waals surface area (Å²) in [4.78, 5) is 10.3. The van der Waals surface area contributed by atoms with Gasteiger partial charge in [-0.25, -0.2) is 0 Å². The van der Waals surface area contributed by atoms with Gasteiger partial charge in [0.2, 0.25) is 0 Å². The van der Waals surface area contributed by atoms with Crippen LogP contribution in [0.15, 0.2) is 18.2 Å². The first-order valence-electron chi connectivity index (χ1n) is 4.65. The molecular formula is C11H14O3. The molecule has 0 atom stereocenters. The zero-order chi connectivity index (χ0) is 10.6. The molecule has 0 spiro atoms. The fourth-order valence-electron chi connectivity index (χ4n) is 1.34. The van der Waals surface area contributed by atoms with Crippen LogP contribution in [0.4, 0.5) is 0 Å². The molecule has 0 fully saturated rings. The number of hydrogen-bond acceptors (Lipinski definition) is 2. The summed E-state index contributed by atoms with van der Waals surface area (Å²) in [5.74, 6) is -0.601. The van der Waals surface area contributed by atoms with Crippen LogP contribution >= 0.6 is 0 Å². The average molecular weight is 194 g/mol. The highest BCUT2D eigenvalue weighted by molar-refractivity contribution is 5.67. The molecule has 0 amide bonds. The molecule has 3 heteroatoms. The number of carboxylic acids is 1. The number of aromatic hydroxyl groups is 1. The monoisotopic (exact) mass is 194 g/mol. The van der Waals surface area contributed by atoms with Gasteiger partial charge in [-0.2, -0.15) is 0 Å². The van der Waals surface area contributed by atoms with Gasteiger partial charge < -0.3 is 10.2 Å². The Morgan fingerprint density at radius 2 is 1.93 bits per heavy atom. The van der Waals surface area contributed by atoms with E-state index >= 15 is 0 Å². The maximum Gasteiger partial charge on any atom is 0.303 e. The normalized spacial score (nSPS) is 10.1. The largest absolute Gasteiger partial charge is 0.508 e. The van der Waals surface area contributed by atoms with Crippen LogP contribution in [0.3, 0.4) is 0 Å². The molecule has 0 saturated heterocycles. The zero-order valence-electron chi connectivity index (χ0n) is 8.16. The van der Waals surface area contributed by atoms with E-state index in [0.717, 1.165) is 17.5 Å². The molecule has 76 valence electrons. The Morgan fingerprint density at radius 3 is 2.50 bits per heavy atom. The van der Waals surface area contributed by atoms with Gasteiger partial charge in [-0.05, 0) is 36.1 Å². The Labute approximate surface area is 83.0 Å². The molecule has 0 radical (unpaired) electrons. The van der Waals surface area contributed by atoms with E-state index in [4.69, 9.17) is 5.11 Å². The topological polar surface area (TPSA) is 57.5 Å². The number of aliphatic carboxylic acids is 1. The molecule has 0 unspecified atom stereocenters. The van der Waals surface area contributed by atoms with Crippen molar-refractivity contribution < 1.29 is 15.0 Å². The number of phenolic OH excluding ortho intramolecular Hbond substituents is 1. The molecule has 0 aliphatic heterocycles. The highest BCUT2D eigenvalue weighted by Crippen LogP contribution is 2.17. The summed E-state index contributed by atoms with van der Waals surface area (Å²) >= 11 is 0. The van der Waals surface area contributed by atoms with Gasteiger partial charge in [0.15, 0.2) is 0 Å². The maximum atomic E-state index is 10.3. The van der Waals surface area contributed by atoms with E-state index in [1.54, 1.807) is 12.1 Å². The summed E-state index contributed by atoms with van der Waals surface area (Å²) in [7, 11) is 0. The summed E-state index contributed by atoms with van der Waals surface area (Å²) in [6.07, 6.45) is 1.41. The SMILES string of the molecule is CCc1cc(O)cc(CCC(=O)O)c1. The van der Waals surface area contributed by atoms with Gasteiger partial charge in [-0.15, -0.1) is 0 Å².